The Hall–Kier alpha value is -2.41. The Morgan fingerprint density at radius 3 is 2.58 bits per heavy atom. The van der Waals surface area contributed by atoms with Crippen LogP contribution in [0.2, 0.25) is 0 Å². The molecule has 1 heterocycles. The van der Waals surface area contributed by atoms with E-state index >= 15 is 0 Å². The number of phenols is 1. The van der Waals surface area contributed by atoms with Crippen molar-refractivity contribution in [3.05, 3.63) is 46.1 Å². The molecule has 122 valence electrons. The van der Waals surface area contributed by atoms with Crippen LogP contribution in [0, 0.1) is 0 Å². The summed E-state index contributed by atoms with van der Waals surface area (Å²) in [5, 5.41) is 10.6. The van der Waals surface area contributed by atoms with E-state index in [1.54, 1.807) is 26.0 Å². The molecule has 0 saturated carbocycles. The minimum absolute atomic E-state index is 0.0581. The molecule has 0 aliphatic heterocycles. The summed E-state index contributed by atoms with van der Waals surface area (Å²) in [7, 11) is 4.85. The molecular weight excluding hydrogens is 375 g/mol. The molecule has 0 amide bonds. The zero-order valence-corrected chi connectivity index (χ0v) is 14.9. The Balaban J connectivity index is 2.13. The molecule has 3 aromatic rings. The first-order valence-corrected chi connectivity index (χ1v) is 7.93. The fraction of sp³-hybridized carbons (Fsp3) is 0.118. The Kier molecular flexibility index (Phi) is 4.28. The number of aromatic hydroxyl groups is 1. The number of fused-ring (bicyclic) bond motifs is 1. The minimum atomic E-state index is -0.226. The number of furan rings is 1. The van der Waals surface area contributed by atoms with E-state index < -0.39 is 0 Å². The number of benzene rings is 2. The van der Waals surface area contributed by atoms with Gasteiger partial charge in [-0.2, -0.15) is 0 Å². The molecule has 3 rings (SSSR count). The lowest BCUT2D eigenvalue weighted by Gasteiger charge is -2.09. The van der Waals surface area contributed by atoms with Gasteiger partial charge in [-0.05, 0) is 45.7 Å². The highest BCUT2D eigenvalue weighted by molar-refractivity contribution is 9.10. The van der Waals surface area contributed by atoms with Crippen molar-refractivity contribution in [1.82, 2.24) is 0 Å². The van der Waals surface area contributed by atoms with Gasteiger partial charge < -0.3 is 19.0 Å². The van der Waals surface area contributed by atoms with E-state index in [1.807, 2.05) is 0 Å². The molecule has 5 nitrogen and oxygen atoms in total. The number of methoxy groups -OCH3 is 2. The topological polar surface area (TPSA) is 68.9 Å². The van der Waals surface area contributed by atoms with Crippen LogP contribution < -0.4 is 14.9 Å². The summed E-state index contributed by atoms with van der Waals surface area (Å²) in [4.78, 5) is 12.8. The smallest absolute Gasteiger partial charge is 0.197 e. The molecule has 7 heteroatoms. The number of halogens is 1. The second kappa shape index (κ2) is 6.24. The maximum atomic E-state index is 12.8. The predicted molar refractivity (Wildman–Crippen MR) is 96.7 cm³/mol. The lowest BCUT2D eigenvalue weighted by Crippen LogP contribution is -2.06. The van der Waals surface area contributed by atoms with Crippen molar-refractivity contribution in [1.29, 1.82) is 0 Å². The zero-order chi connectivity index (χ0) is 17.4. The van der Waals surface area contributed by atoms with Crippen LogP contribution in [0.4, 0.5) is 0 Å². The second-order valence-electron chi connectivity index (χ2n) is 5.26. The van der Waals surface area contributed by atoms with Gasteiger partial charge in [0.15, 0.2) is 17.3 Å². The maximum absolute atomic E-state index is 12.8. The molecule has 0 unspecified atom stereocenters. The SMILES string of the molecule is Bc1c(Br)c(O)cc2c(C(=O)c3ccc(OC)c(OC)c3)coc12. The van der Waals surface area contributed by atoms with E-state index in [9.17, 15) is 9.90 Å². The quantitative estimate of drug-likeness (QED) is 0.549. The number of carbonyl (C=O) groups excluding carboxylic acids is 1. The zero-order valence-electron chi connectivity index (χ0n) is 13.3. The first-order valence-electron chi connectivity index (χ1n) is 7.14. The normalized spacial score (nSPS) is 10.8. The van der Waals surface area contributed by atoms with Crippen molar-refractivity contribution < 1.29 is 23.8 Å². The summed E-state index contributed by atoms with van der Waals surface area (Å²) < 4.78 is 16.5. The van der Waals surface area contributed by atoms with Crippen LogP contribution in [0.5, 0.6) is 17.2 Å². The third-order valence-corrected chi connectivity index (χ3v) is 4.90. The van der Waals surface area contributed by atoms with Crippen LogP contribution in [0.1, 0.15) is 15.9 Å². The summed E-state index contributed by atoms with van der Waals surface area (Å²) in [6.45, 7) is 0. The average Bonchev–Trinajstić information content (AvgIpc) is 3.02. The van der Waals surface area contributed by atoms with Gasteiger partial charge in [0.1, 0.15) is 25.4 Å². The van der Waals surface area contributed by atoms with E-state index in [1.165, 1.54) is 26.5 Å². The summed E-state index contributed by atoms with van der Waals surface area (Å²) >= 11 is 3.30. The molecule has 0 fully saturated rings. The highest BCUT2D eigenvalue weighted by Crippen LogP contribution is 2.33. The van der Waals surface area contributed by atoms with Crippen LogP contribution in [0.15, 0.2) is 39.4 Å². The van der Waals surface area contributed by atoms with Gasteiger partial charge in [0.25, 0.3) is 0 Å². The molecule has 24 heavy (non-hydrogen) atoms. The number of hydrogen-bond donors (Lipinski definition) is 1. The molecule has 2 aromatic carbocycles. The van der Waals surface area contributed by atoms with E-state index in [-0.39, 0.29) is 11.5 Å². The number of ketones is 1. The van der Waals surface area contributed by atoms with Crippen LogP contribution in [0.25, 0.3) is 11.0 Å². The van der Waals surface area contributed by atoms with Gasteiger partial charge in [-0.15, -0.1) is 0 Å². The van der Waals surface area contributed by atoms with Crippen LogP contribution >= 0.6 is 15.9 Å². The first-order chi connectivity index (χ1) is 11.5. The van der Waals surface area contributed by atoms with Gasteiger partial charge in [0, 0.05) is 10.9 Å². The summed E-state index contributed by atoms with van der Waals surface area (Å²) in [5.41, 5.74) is 2.11. The van der Waals surface area contributed by atoms with Crippen molar-refractivity contribution in [2.45, 2.75) is 0 Å². The van der Waals surface area contributed by atoms with Gasteiger partial charge in [0.2, 0.25) is 0 Å². The molecule has 1 aromatic heterocycles. The molecule has 0 aliphatic carbocycles. The monoisotopic (exact) mass is 388 g/mol. The van der Waals surface area contributed by atoms with Gasteiger partial charge in [-0.1, -0.05) is 0 Å². The highest BCUT2D eigenvalue weighted by Gasteiger charge is 2.20. The van der Waals surface area contributed by atoms with Crippen molar-refractivity contribution in [3.63, 3.8) is 0 Å². The maximum Gasteiger partial charge on any atom is 0.197 e. The predicted octanol–water partition coefficient (Wildman–Crippen LogP) is 2.41. The summed E-state index contributed by atoms with van der Waals surface area (Å²) in [6, 6.07) is 6.47. The van der Waals surface area contributed by atoms with E-state index in [4.69, 9.17) is 13.9 Å². The second-order valence-corrected chi connectivity index (χ2v) is 6.05. The van der Waals surface area contributed by atoms with Gasteiger partial charge in [-0.25, -0.2) is 0 Å². The number of hydrogen-bond acceptors (Lipinski definition) is 5. The molecule has 0 radical (unpaired) electrons. The molecule has 0 bridgehead atoms. The standard InChI is InChI=1S/C17H14BBrO5/c1-22-12-4-3-8(5-13(12)23-2)16(21)10-7-24-17-9(10)6-11(20)15(19)14(17)18/h3-7,20H,18H2,1-2H3. The Bertz CT molecular complexity index is 948. The van der Waals surface area contributed by atoms with E-state index in [0.717, 1.165) is 5.46 Å². The van der Waals surface area contributed by atoms with Gasteiger partial charge >= 0.3 is 0 Å². The van der Waals surface area contributed by atoms with Crippen LogP contribution in [0.3, 0.4) is 0 Å². The fourth-order valence-corrected chi connectivity index (χ4v) is 2.90. The number of carbonyl (C=O) groups is 1. The fourth-order valence-electron chi connectivity index (χ4n) is 2.60. The Labute approximate surface area is 147 Å². The Morgan fingerprint density at radius 2 is 1.92 bits per heavy atom. The number of phenolic OH excluding ortho intramolecular Hbond substituents is 1. The average molecular weight is 389 g/mol. The van der Waals surface area contributed by atoms with Crippen molar-refractivity contribution in [2.24, 2.45) is 0 Å². The lowest BCUT2D eigenvalue weighted by molar-refractivity contribution is 0.103. The first kappa shape index (κ1) is 16.5. The molecular formula is C17H14BBrO5. The van der Waals surface area contributed by atoms with Gasteiger partial charge in [0.05, 0.1) is 24.3 Å². The third-order valence-electron chi connectivity index (χ3n) is 3.90. The minimum Gasteiger partial charge on any atom is -0.507 e. The van der Waals surface area contributed by atoms with Crippen LogP contribution in [-0.4, -0.2) is 33.0 Å². The largest absolute Gasteiger partial charge is 0.507 e. The molecule has 0 atom stereocenters. The Morgan fingerprint density at radius 1 is 1.21 bits per heavy atom. The third kappa shape index (κ3) is 2.55. The molecule has 0 aliphatic rings. The van der Waals surface area contributed by atoms with Gasteiger partial charge in [-0.3, -0.25) is 4.79 Å². The molecule has 0 saturated heterocycles. The molecule has 1 N–H and O–H groups in total. The van der Waals surface area contributed by atoms with Crippen molar-refractivity contribution in [2.75, 3.05) is 14.2 Å². The summed E-state index contributed by atoms with van der Waals surface area (Å²) in [6.07, 6.45) is 1.41. The van der Waals surface area contributed by atoms with Crippen LogP contribution in [-0.2, 0) is 0 Å². The van der Waals surface area contributed by atoms with Crippen molar-refractivity contribution in [3.8, 4) is 17.2 Å². The number of rotatable bonds is 4. The lowest BCUT2D eigenvalue weighted by atomic mass is 9.92. The number of ether oxygens (including phenoxy) is 2. The summed E-state index contributed by atoms with van der Waals surface area (Å²) in [5.74, 6) is 0.847. The van der Waals surface area contributed by atoms with E-state index in [0.29, 0.717) is 38.1 Å². The highest BCUT2D eigenvalue weighted by atomic mass is 79.9. The van der Waals surface area contributed by atoms with E-state index in [2.05, 4.69) is 15.9 Å². The molecule has 0 spiro atoms. The van der Waals surface area contributed by atoms with Crippen molar-refractivity contribution >= 4 is 46.0 Å².